The van der Waals surface area contributed by atoms with Crippen LogP contribution in [0.2, 0.25) is 0 Å². The van der Waals surface area contributed by atoms with E-state index >= 15 is 0 Å². The van der Waals surface area contributed by atoms with Crippen molar-refractivity contribution in [1.82, 2.24) is 0 Å². The van der Waals surface area contributed by atoms with Crippen molar-refractivity contribution in [3.8, 4) is 5.75 Å². The van der Waals surface area contributed by atoms with E-state index in [0.29, 0.717) is 5.56 Å². The summed E-state index contributed by atoms with van der Waals surface area (Å²) in [6, 6.07) is 4.54. The fraction of sp³-hybridized carbons (Fsp3) is 0.222. The maximum Gasteiger partial charge on any atom is 0.165 e. The Labute approximate surface area is 75.8 Å². The molecule has 0 atom stereocenters. The van der Waals surface area contributed by atoms with Crippen molar-refractivity contribution in [1.29, 1.82) is 0 Å². The molecule has 0 fully saturated rings. The molecule has 1 aromatic rings. The molecule has 1 rings (SSSR count). The van der Waals surface area contributed by atoms with Gasteiger partial charge in [0.25, 0.3) is 0 Å². The number of halogens is 1. The number of nitrogens with zero attached hydrogens (tertiary/aromatic N) is 1. The van der Waals surface area contributed by atoms with Crippen molar-refractivity contribution >= 4 is 6.21 Å². The molecule has 4 heteroatoms. The quantitative estimate of drug-likeness (QED) is 0.528. The van der Waals surface area contributed by atoms with Gasteiger partial charge in [-0.25, -0.2) is 4.39 Å². The zero-order chi connectivity index (χ0) is 9.68. The van der Waals surface area contributed by atoms with Gasteiger partial charge in [0.2, 0.25) is 0 Å². The molecule has 0 N–H and O–H groups in total. The van der Waals surface area contributed by atoms with Gasteiger partial charge in [-0.1, -0.05) is 5.16 Å². The maximum atomic E-state index is 13.1. The lowest BCUT2D eigenvalue weighted by Crippen LogP contribution is -1.90. The summed E-state index contributed by atoms with van der Waals surface area (Å²) in [6.45, 7) is 0. The Morgan fingerprint density at radius 3 is 2.69 bits per heavy atom. The molecule has 0 amide bonds. The van der Waals surface area contributed by atoms with Crippen LogP contribution < -0.4 is 4.74 Å². The van der Waals surface area contributed by atoms with Gasteiger partial charge in [0.15, 0.2) is 11.6 Å². The predicted octanol–water partition coefficient (Wildman–Crippen LogP) is 1.81. The van der Waals surface area contributed by atoms with Gasteiger partial charge in [0, 0.05) is 0 Å². The number of benzene rings is 1. The fourth-order valence-corrected chi connectivity index (χ4v) is 0.876. The van der Waals surface area contributed by atoms with Crippen LogP contribution in [-0.4, -0.2) is 20.4 Å². The Bertz CT molecular complexity index is 312. The summed E-state index contributed by atoms with van der Waals surface area (Å²) in [5, 5.41) is 3.51. The molecule has 0 heterocycles. The number of methoxy groups -OCH3 is 1. The standard InChI is InChI=1S/C9H10FNO2/c1-12-9-4-3-7(5-8(9)10)6-11-13-2/h3-6H,1-2H3/b11-6-. The van der Waals surface area contributed by atoms with E-state index in [1.165, 1.54) is 32.6 Å². The molecule has 0 aromatic heterocycles. The highest BCUT2D eigenvalue weighted by molar-refractivity contribution is 5.79. The first kappa shape index (κ1) is 9.51. The summed E-state index contributed by atoms with van der Waals surface area (Å²) in [4.78, 5) is 4.46. The molecule has 0 bridgehead atoms. The van der Waals surface area contributed by atoms with Crippen LogP contribution in [0.5, 0.6) is 5.75 Å². The molecular formula is C9H10FNO2. The number of oxime groups is 1. The van der Waals surface area contributed by atoms with Crippen LogP contribution in [-0.2, 0) is 4.84 Å². The van der Waals surface area contributed by atoms with Crippen molar-refractivity contribution in [3.05, 3.63) is 29.6 Å². The van der Waals surface area contributed by atoms with Gasteiger partial charge >= 0.3 is 0 Å². The maximum absolute atomic E-state index is 13.1. The lowest BCUT2D eigenvalue weighted by molar-refractivity contribution is 0.215. The molecule has 0 aliphatic rings. The van der Waals surface area contributed by atoms with Gasteiger partial charge < -0.3 is 9.57 Å². The molecule has 0 saturated heterocycles. The lowest BCUT2D eigenvalue weighted by Gasteiger charge is -2.00. The topological polar surface area (TPSA) is 30.8 Å². The molecule has 0 radical (unpaired) electrons. The molecule has 3 nitrogen and oxygen atoms in total. The van der Waals surface area contributed by atoms with Crippen molar-refractivity contribution in [2.45, 2.75) is 0 Å². The second-order valence-corrected chi connectivity index (χ2v) is 2.31. The van der Waals surface area contributed by atoms with Gasteiger partial charge in [-0.2, -0.15) is 0 Å². The largest absolute Gasteiger partial charge is 0.494 e. The fourth-order valence-electron chi connectivity index (χ4n) is 0.876. The van der Waals surface area contributed by atoms with E-state index in [0.717, 1.165) is 0 Å². The average Bonchev–Trinajstić information content (AvgIpc) is 2.15. The number of hydrogen-bond donors (Lipinski definition) is 0. The third-order valence-corrected chi connectivity index (χ3v) is 1.48. The minimum Gasteiger partial charge on any atom is -0.494 e. The van der Waals surface area contributed by atoms with E-state index in [1.807, 2.05) is 0 Å². The van der Waals surface area contributed by atoms with Crippen molar-refractivity contribution in [2.75, 3.05) is 14.2 Å². The summed E-state index contributed by atoms with van der Waals surface area (Å²) in [5.41, 5.74) is 0.625. The first-order valence-electron chi connectivity index (χ1n) is 3.68. The third-order valence-electron chi connectivity index (χ3n) is 1.48. The van der Waals surface area contributed by atoms with Gasteiger partial charge in [-0.3, -0.25) is 0 Å². The Morgan fingerprint density at radius 2 is 2.15 bits per heavy atom. The summed E-state index contributed by atoms with van der Waals surface area (Å²) in [5.74, 6) is -0.197. The average molecular weight is 183 g/mol. The molecule has 70 valence electrons. The molecule has 1 aromatic carbocycles. The normalized spacial score (nSPS) is 10.4. The van der Waals surface area contributed by atoms with Crippen LogP contribution in [0.1, 0.15) is 5.56 Å². The highest BCUT2D eigenvalue weighted by atomic mass is 19.1. The van der Waals surface area contributed by atoms with Crippen LogP contribution in [0.15, 0.2) is 23.4 Å². The second-order valence-electron chi connectivity index (χ2n) is 2.31. The molecule has 0 spiro atoms. The Hall–Kier alpha value is -1.58. The predicted molar refractivity (Wildman–Crippen MR) is 47.6 cm³/mol. The summed E-state index contributed by atoms with van der Waals surface area (Å²) >= 11 is 0. The van der Waals surface area contributed by atoms with Gasteiger partial charge in [0.1, 0.15) is 7.11 Å². The molecule has 0 aliphatic heterocycles. The van der Waals surface area contributed by atoms with E-state index in [9.17, 15) is 4.39 Å². The highest BCUT2D eigenvalue weighted by Gasteiger charge is 2.01. The Morgan fingerprint density at radius 1 is 1.38 bits per heavy atom. The van der Waals surface area contributed by atoms with E-state index in [2.05, 4.69) is 9.99 Å². The first-order chi connectivity index (χ1) is 6.27. The molecule has 0 unspecified atom stereocenters. The van der Waals surface area contributed by atoms with E-state index < -0.39 is 5.82 Å². The minimum absolute atomic E-state index is 0.217. The minimum atomic E-state index is -0.414. The SMILES string of the molecule is CO/N=C\c1ccc(OC)c(F)c1. The lowest BCUT2D eigenvalue weighted by atomic mass is 10.2. The van der Waals surface area contributed by atoms with Gasteiger partial charge in [-0.05, 0) is 23.8 Å². The third kappa shape index (κ3) is 2.43. The Balaban J connectivity index is 2.89. The zero-order valence-corrected chi connectivity index (χ0v) is 7.45. The van der Waals surface area contributed by atoms with Crippen LogP contribution in [0.4, 0.5) is 4.39 Å². The molecule has 13 heavy (non-hydrogen) atoms. The van der Waals surface area contributed by atoms with Crippen molar-refractivity contribution < 1.29 is 14.0 Å². The summed E-state index contributed by atoms with van der Waals surface area (Å²) in [7, 11) is 2.84. The Kier molecular flexibility index (Phi) is 3.25. The first-order valence-corrected chi connectivity index (χ1v) is 3.68. The summed E-state index contributed by atoms with van der Waals surface area (Å²) in [6.07, 6.45) is 1.42. The van der Waals surface area contributed by atoms with E-state index in [-0.39, 0.29) is 5.75 Å². The number of hydrogen-bond acceptors (Lipinski definition) is 3. The number of rotatable bonds is 3. The van der Waals surface area contributed by atoms with Crippen LogP contribution in [0, 0.1) is 5.82 Å². The van der Waals surface area contributed by atoms with Crippen molar-refractivity contribution in [3.63, 3.8) is 0 Å². The van der Waals surface area contributed by atoms with Gasteiger partial charge in [-0.15, -0.1) is 0 Å². The monoisotopic (exact) mass is 183 g/mol. The smallest absolute Gasteiger partial charge is 0.165 e. The molecule has 0 aliphatic carbocycles. The molecule has 0 saturated carbocycles. The van der Waals surface area contributed by atoms with Gasteiger partial charge in [0.05, 0.1) is 13.3 Å². The van der Waals surface area contributed by atoms with Crippen LogP contribution >= 0.6 is 0 Å². The number of ether oxygens (including phenoxy) is 1. The van der Waals surface area contributed by atoms with E-state index in [4.69, 9.17) is 4.74 Å². The van der Waals surface area contributed by atoms with Crippen LogP contribution in [0.25, 0.3) is 0 Å². The highest BCUT2D eigenvalue weighted by Crippen LogP contribution is 2.16. The van der Waals surface area contributed by atoms with Crippen LogP contribution in [0.3, 0.4) is 0 Å². The van der Waals surface area contributed by atoms with E-state index in [1.54, 1.807) is 6.07 Å². The second kappa shape index (κ2) is 4.45. The summed E-state index contributed by atoms with van der Waals surface area (Å²) < 4.78 is 17.8. The van der Waals surface area contributed by atoms with Crippen molar-refractivity contribution in [2.24, 2.45) is 5.16 Å². The zero-order valence-electron chi connectivity index (χ0n) is 7.45. The molecular weight excluding hydrogens is 173 g/mol.